The van der Waals surface area contributed by atoms with E-state index < -0.39 is 0 Å². The Kier molecular flexibility index (Phi) is 9.40. The maximum atomic E-state index is 5.07. The van der Waals surface area contributed by atoms with E-state index in [2.05, 4.69) is 232 Å². The van der Waals surface area contributed by atoms with E-state index >= 15 is 0 Å². The molecule has 0 aliphatic heterocycles. The Bertz CT molecular complexity index is 4930. The van der Waals surface area contributed by atoms with Crippen molar-refractivity contribution in [3.8, 4) is 62.4 Å². The van der Waals surface area contributed by atoms with Crippen LogP contribution in [0.1, 0.15) is 0 Å². The second kappa shape index (κ2) is 16.8. The standard InChI is InChI=1S/C69H42N6S/c1-4-16-43(17-5-1)67-70-68(44-18-6-2-7-19-44)72-69(71-67)47-30-36-65-57(40-47)58-42-50(32-37-66(58)76-65)75-61-27-15-11-23-52(61)55-39-46(29-34-63(55)75)45-28-33-62-54(38-45)51-22-10-14-26-60(51)74(62)49-31-35-64-56(41-49)53-24-12-13-25-59(53)73(64)48-20-8-3-9-21-48/h1-42H. The Morgan fingerprint density at radius 2 is 0.566 bits per heavy atom. The first kappa shape index (κ1) is 42.5. The lowest BCUT2D eigenvalue weighted by Crippen LogP contribution is -2.00. The third-order valence-electron chi connectivity index (χ3n) is 15.3. The molecule has 0 saturated heterocycles. The average Bonchev–Trinajstić information content (AvgIpc) is 4.27. The summed E-state index contributed by atoms with van der Waals surface area (Å²) in [7, 11) is 0. The number of para-hydroxylation sites is 4. The van der Waals surface area contributed by atoms with Crippen molar-refractivity contribution in [3.63, 3.8) is 0 Å². The first-order valence-electron chi connectivity index (χ1n) is 25.7. The van der Waals surface area contributed by atoms with Crippen LogP contribution in [0.5, 0.6) is 0 Å². The zero-order valence-corrected chi connectivity index (χ0v) is 41.7. The van der Waals surface area contributed by atoms with Gasteiger partial charge in [-0.3, -0.25) is 0 Å². The van der Waals surface area contributed by atoms with Gasteiger partial charge in [0.1, 0.15) is 0 Å². The van der Waals surface area contributed by atoms with Crippen LogP contribution in [0.4, 0.5) is 0 Å². The molecule has 354 valence electrons. The number of rotatable bonds is 7. The van der Waals surface area contributed by atoms with Gasteiger partial charge in [-0.2, -0.15) is 0 Å². The van der Waals surface area contributed by atoms with Gasteiger partial charge in [0.25, 0.3) is 0 Å². The molecular formula is C69H42N6S. The predicted octanol–water partition coefficient (Wildman–Crippen LogP) is 18.2. The van der Waals surface area contributed by atoms with Gasteiger partial charge >= 0.3 is 0 Å². The van der Waals surface area contributed by atoms with Gasteiger partial charge in [0, 0.05) is 86.2 Å². The zero-order valence-electron chi connectivity index (χ0n) is 40.8. The van der Waals surface area contributed by atoms with Crippen LogP contribution in [0, 0.1) is 0 Å². The fraction of sp³-hybridized carbons (Fsp3) is 0. The molecule has 0 fully saturated rings. The summed E-state index contributed by atoms with van der Waals surface area (Å²) in [5.41, 5.74) is 15.7. The summed E-state index contributed by atoms with van der Waals surface area (Å²) in [5, 5.41) is 9.75. The number of thiophene rings is 1. The first-order valence-corrected chi connectivity index (χ1v) is 26.5. The topological polar surface area (TPSA) is 53.5 Å². The number of benzene rings is 11. The highest BCUT2D eigenvalue weighted by Crippen LogP contribution is 2.42. The van der Waals surface area contributed by atoms with E-state index in [1.165, 1.54) is 96.7 Å². The van der Waals surface area contributed by atoms with E-state index in [1.807, 2.05) is 47.7 Å². The van der Waals surface area contributed by atoms with Crippen LogP contribution in [0.15, 0.2) is 255 Å². The summed E-state index contributed by atoms with van der Waals surface area (Å²) in [4.78, 5) is 15.1. The Morgan fingerprint density at radius 1 is 0.224 bits per heavy atom. The van der Waals surface area contributed by atoms with E-state index in [4.69, 9.17) is 15.0 Å². The lowest BCUT2D eigenvalue weighted by atomic mass is 10.0. The van der Waals surface area contributed by atoms with Crippen LogP contribution in [-0.4, -0.2) is 28.7 Å². The van der Waals surface area contributed by atoms with Crippen LogP contribution < -0.4 is 0 Å². The molecule has 0 unspecified atom stereocenters. The molecule has 0 bridgehead atoms. The quantitative estimate of drug-likeness (QED) is 0.160. The van der Waals surface area contributed by atoms with Gasteiger partial charge in [0.05, 0.1) is 33.1 Å². The number of nitrogens with zero attached hydrogens (tertiary/aromatic N) is 6. The molecule has 16 rings (SSSR count). The molecule has 6 nitrogen and oxygen atoms in total. The normalized spacial score (nSPS) is 11.9. The molecule has 5 aromatic heterocycles. The number of fused-ring (bicyclic) bond motifs is 12. The summed E-state index contributed by atoms with van der Waals surface area (Å²) in [6.45, 7) is 0. The summed E-state index contributed by atoms with van der Waals surface area (Å²) < 4.78 is 9.69. The molecule has 0 atom stereocenters. The highest BCUT2D eigenvalue weighted by Gasteiger charge is 2.20. The minimum absolute atomic E-state index is 0.648. The van der Waals surface area contributed by atoms with Gasteiger partial charge < -0.3 is 13.7 Å². The fourth-order valence-electron chi connectivity index (χ4n) is 11.8. The first-order chi connectivity index (χ1) is 37.7. The summed E-state index contributed by atoms with van der Waals surface area (Å²) >= 11 is 1.82. The van der Waals surface area contributed by atoms with Gasteiger partial charge in [-0.15, -0.1) is 11.3 Å². The average molecular weight is 987 g/mol. The van der Waals surface area contributed by atoms with Gasteiger partial charge in [0.2, 0.25) is 0 Å². The fourth-order valence-corrected chi connectivity index (χ4v) is 12.9. The molecule has 0 spiro atoms. The van der Waals surface area contributed by atoms with Gasteiger partial charge in [0.15, 0.2) is 17.5 Å². The lowest BCUT2D eigenvalue weighted by molar-refractivity contribution is 1.07. The third-order valence-corrected chi connectivity index (χ3v) is 16.4. The number of hydrogen-bond acceptors (Lipinski definition) is 4. The lowest BCUT2D eigenvalue weighted by Gasteiger charge is -2.11. The molecule has 76 heavy (non-hydrogen) atoms. The van der Waals surface area contributed by atoms with Crippen molar-refractivity contribution in [2.24, 2.45) is 0 Å². The van der Waals surface area contributed by atoms with Crippen molar-refractivity contribution in [2.75, 3.05) is 0 Å². The van der Waals surface area contributed by atoms with E-state index in [1.54, 1.807) is 0 Å². The van der Waals surface area contributed by atoms with Crippen molar-refractivity contribution in [1.82, 2.24) is 28.7 Å². The Hall–Kier alpha value is -9.95. The van der Waals surface area contributed by atoms with Crippen molar-refractivity contribution < 1.29 is 0 Å². The molecule has 0 amide bonds. The Morgan fingerprint density at radius 3 is 1.09 bits per heavy atom. The zero-order chi connectivity index (χ0) is 49.8. The van der Waals surface area contributed by atoms with Gasteiger partial charge in [-0.25, -0.2) is 15.0 Å². The highest BCUT2D eigenvalue weighted by molar-refractivity contribution is 7.25. The second-order valence-electron chi connectivity index (χ2n) is 19.6. The van der Waals surface area contributed by atoms with E-state index in [-0.39, 0.29) is 0 Å². The van der Waals surface area contributed by atoms with Crippen molar-refractivity contribution >= 4 is 96.9 Å². The molecule has 5 heterocycles. The molecular weight excluding hydrogens is 945 g/mol. The summed E-state index contributed by atoms with van der Waals surface area (Å²) in [6.07, 6.45) is 0. The third kappa shape index (κ3) is 6.62. The van der Waals surface area contributed by atoms with Crippen LogP contribution in [0.25, 0.3) is 148 Å². The molecule has 0 aliphatic rings. The summed E-state index contributed by atoms with van der Waals surface area (Å²) in [6, 6.07) is 91.8. The molecule has 16 aromatic rings. The van der Waals surface area contributed by atoms with E-state index in [0.29, 0.717) is 17.5 Å². The van der Waals surface area contributed by atoms with E-state index in [9.17, 15) is 0 Å². The molecule has 0 aliphatic carbocycles. The molecule has 7 heteroatoms. The Labute approximate surface area is 440 Å². The molecule has 0 N–H and O–H groups in total. The van der Waals surface area contributed by atoms with E-state index in [0.717, 1.165) is 33.8 Å². The van der Waals surface area contributed by atoms with Crippen LogP contribution >= 0.6 is 11.3 Å². The SMILES string of the molecule is c1ccc(-c2nc(-c3ccccc3)nc(-c3ccc4sc5ccc(-n6c7ccccc7c7cc(-c8ccc9c(c8)c8ccccc8n9-c8ccc9c(c8)c8ccccc8n9-c8ccccc8)ccc76)cc5c4c3)n2)cc1. The van der Waals surface area contributed by atoms with Crippen molar-refractivity contribution in [3.05, 3.63) is 255 Å². The van der Waals surface area contributed by atoms with Crippen LogP contribution in [-0.2, 0) is 0 Å². The highest BCUT2D eigenvalue weighted by atomic mass is 32.1. The largest absolute Gasteiger partial charge is 0.309 e. The second-order valence-corrected chi connectivity index (χ2v) is 20.7. The molecule has 0 saturated carbocycles. The monoisotopic (exact) mass is 986 g/mol. The van der Waals surface area contributed by atoms with Crippen molar-refractivity contribution in [2.45, 2.75) is 0 Å². The minimum Gasteiger partial charge on any atom is -0.309 e. The number of hydrogen-bond donors (Lipinski definition) is 0. The van der Waals surface area contributed by atoms with Crippen LogP contribution in [0.3, 0.4) is 0 Å². The smallest absolute Gasteiger partial charge is 0.164 e. The van der Waals surface area contributed by atoms with Gasteiger partial charge in [-0.05, 0) is 120 Å². The Balaban J connectivity index is 0.802. The molecule has 0 radical (unpaired) electrons. The summed E-state index contributed by atoms with van der Waals surface area (Å²) in [5.74, 6) is 1.95. The maximum Gasteiger partial charge on any atom is 0.164 e. The number of aromatic nitrogens is 6. The van der Waals surface area contributed by atoms with Crippen LogP contribution in [0.2, 0.25) is 0 Å². The maximum absolute atomic E-state index is 5.07. The van der Waals surface area contributed by atoms with Crippen molar-refractivity contribution in [1.29, 1.82) is 0 Å². The minimum atomic E-state index is 0.648. The predicted molar refractivity (Wildman–Crippen MR) is 317 cm³/mol. The molecule has 11 aromatic carbocycles. The van der Waals surface area contributed by atoms with Gasteiger partial charge in [-0.1, -0.05) is 146 Å².